The lowest BCUT2D eigenvalue weighted by molar-refractivity contribution is 0.102. The summed E-state index contributed by atoms with van der Waals surface area (Å²) in [6.07, 6.45) is 6.82. The maximum absolute atomic E-state index is 11.9. The van der Waals surface area contributed by atoms with E-state index in [-0.39, 0.29) is 5.91 Å². The van der Waals surface area contributed by atoms with Gasteiger partial charge in [-0.15, -0.1) is 5.10 Å². The lowest BCUT2D eigenvalue weighted by Crippen LogP contribution is -2.12. The maximum atomic E-state index is 11.9. The van der Waals surface area contributed by atoms with Crippen molar-refractivity contribution in [2.45, 2.75) is 31.6 Å². The number of nitrogens with zero attached hydrogens (tertiary/aromatic N) is 3. The van der Waals surface area contributed by atoms with Crippen LogP contribution in [0.4, 0.5) is 5.69 Å². The summed E-state index contributed by atoms with van der Waals surface area (Å²) in [5, 5.41) is 10.4. The van der Waals surface area contributed by atoms with Crippen LogP contribution in [0.15, 0.2) is 30.5 Å². The molecule has 1 aliphatic carbocycles. The zero-order valence-corrected chi connectivity index (χ0v) is 11.5. The molecule has 2 aromatic rings. The molecule has 1 aromatic heterocycles. The third-order valence-corrected chi connectivity index (χ3v) is 3.83. The SMILES string of the molecule is Cn1cc(C(=O)Nc2ccc(C3CCCC3)cc2)nn1. The van der Waals surface area contributed by atoms with E-state index in [1.54, 1.807) is 13.2 Å². The standard InChI is InChI=1S/C15H18N4O/c1-19-10-14(17-18-19)15(20)16-13-8-6-12(7-9-13)11-4-2-3-5-11/h6-11H,2-5H2,1H3,(H,16,20). The van der Waals surface area contributed by atoms with Gasteiger partial charge in [-0.05, 0) is 36.5 Å². The zero-order chi connectivity index (χ0) is 13.9. The van der Waals surface area contributed by atoms with Crippen molar-refractivity contribution in [1.29, 1.82) is 0 Å². The fraction of sp³-hybridized carbons (Fsp3) is 0.400. The number of aryl methyl sites for hydroxylation is 1. The summed E-state index contributed by atoms with van der Waals surface area (Å²) in [7, 11) is 1.74. The van der Waals surface area contributed by atoms with Crippen LogP contribution in [-0.4, -0.2) is 20.9 Å². The van der Waals surface area contributed by atoms with Crippen molar-refractivity contribution < 1.29 is 4.79 Å². The molecule has 3 rings (SSSR count). The predicted molar refractivity (Wildman–Crippen MR) is 76.6 cm³/mol. The van der Waals surface area contributed by atoms with Gasteiger partial charge in [-0.25, -0.2) is 0 Å². The minimum absolute atomic E-state index is 0.230. The molecule has 0 aliphatic heterocycles. The highest BCUT2D eigenvalue weighted by Gasteiger charge is 2.17. The highest BCUT2D eigenvalue weighted by molar-refractivity contribution is 6.02. The van der Waals surface area contributed by atoms with Crippen molar-refractivity contribution in [2.75, 3.05) is 5.32 Å². The molecular formula is C15H18N4O. The lowest BCUT2D eigenvalue weighted by atomic mass is 9.98. The summed E-state index contributed by atoms with van der Waals surface area (Å²) in [4.78, 5) is 11.9. The highest BCUT2D eigenvalue weighted by Crippen LogP contribution is 2.34. The fourth-order valence-electron chi connectivity index (χ4n) is 2.74. The molecule has 1 fully saturated rings. The molecule has 5 nitrogen and oxygen atoms in total. The Hall–Kier alpha value is -2.17. The summed E-state index contributed by atoms with van der Waals surface area (Å²) in [5.74, 6) is 0.464. The normalized spacial score (nSPS) is 15.4. The molecular weight excluding hydrogens is 252 g/mol. The Bertz CT molecular complexity index is 597. The van der Waals surface area contributed by atoms with Crippen LogP contribution in [0, 0.1) is 0 Å². The minimum atomic E-state index is -0.230. The molecule has 1 heterocycles. The first-order chi connectivity index (χ1) is 9.72. The molecule has 0 spiro atoms. The Kier molecular flexibility index (Phi) is 3.50. The molecule has 1 saturated carbocycles. The van der Waals surface area contributed by atoms with Crippen molar-refractivity contribution >= 4 is 11.6 Å². The minimum Gasteiger partial charge on any atom is -0.321 e. The van der Waals surface area contributed by atoms with E-state index in [9.17, 15) is 4.79 Å². The molecule has 1 aliphatic rings. The van der Waals surface area contributed by atoms with Gasteiger partial charge in [0.15, 0.2) is 5.69 Å². The molecule has 5 heteroatoms. The van der Waals surface area contributed by atoms with E-state index in [0.29, 0.717) is 11.6 Å². The molecule has 104 valence electrons. The molecule has 1 N–H and O–H groups in total. The predicted octanol–water partition coefficient (Wildman–Crippen LogP) is 2.73. The Morgan fingerprint density at radius 2 is 1.95 bits per heavy atom. The molecule has 0 saturated heterocycles. The van der Waals surface area contributed by atoms with E-state index in [2.05, 4.69) is 27.8 Å². The second kappa shape index (κ2) is 5.45. The van der Waals surface area contributed by atoms with Crippen LogP contribution in [0.25, 0.3) is 0 Å². The third kappa shape index (κ3) is 2.71. The Morgan fingerprint density at radius 1 is 1.25 bits per heavy atom. The lowest BCUT2D eigenvalue weighted by Gasteiger charge is -2.10. The van der Waals surface area contributed by atoms with Crippen molar-refractivity contribution in [1.82, 2.24) is 15.0 Å². The summed E-state index contributed by atoms with van der Waals surface area (Å²) < 4.78 is 1.51. The summed E-state index contributed by atoms with van der Waals surface area (Å²) in [6, 6.07) is 8.15. The smallest absolute Gasteiger partial charge is 0.277 e. The van der Waals surface area contributed by atoms with Crippen molar-refractivity contribution in [3.05, 3.63) is 41.7 Å². The molecule has 0 unspecified atom stereocenters. The van der Waals surface area contributed by atoms with Gasteiger partial charge in [-0.1, -0.05) is 30.2 Å². The molecule has 1 amide bonds. The average Bonchev–Trinajstić information content (AvgIpc) is 3.10. The van der Waals surface area contributed by atoms with E-state index in [4.69, 9.17) is 0 Å². The first-order valence-corrected chi connectivity index (χ1v) is 7.00. The summed E-state index contributed by atoms with van der Waals surface area (Å²) in [6.45, 7) is 0. The van der Waals surface area contributed by atoms with Crippen molar-refractivity contribution in [3.8, 4) is 0 Å². The van der Waals surface area contributed by atoms with Gasteiger partial charge in [0.05, 0.1) is 6.20 Å². The van der Waals surface area contributed by atoms with Crippen LogP contribution < -0.4 is 5.32 Å². The number of carbonyl (C=O) groups is 1. The first kappa shape index (κ1) is 12.8. The van der Waals surface area contributed by atoms with E-state index < -0.39 is 0 Å². The summed E-state index contributed by atoms with van der Waals surface area (Å²) in [5.41, 5.74) is 2.50. The largest absolute Gasteiger partial charge is 0.321 e. The van der Waals surface area contributed by atoms with Crippen molar-refractivity contribution in [2.24, 2.45) is 7.05 Å². The summed E-state index contributed by atoms with van der Waals surface area (Å²) >= 11 is 0. The van der Waals surface area contributed by atoms with Gasteiger partial charge in [0, 0.05) is 12.7 Å². The molecule has 0 atom stereocenters. The van der Waals surface area contributed by atoms with Gasteiger partial charge in [0.25, 0.3) is 5.91 Å². The zero-order valence-electron chi connectivity index (χ0n) is 11.5. The number of aromatic nitrogens is 3. The van der Waals surface area contributed by atoms with Gasteiger partial charge in [-0.3, -0.25) is 9.48 Å². The number of amides is 1. The van der Waals surface area contributed by atoms with Gasteiger partial charge in [0.2, 0.25) is 0 Å². The van der Waals surface area contributed by atoms with Crippen LogP contribution >= 0.6 is 0 Å². The van der Waals surface area contributed by atoms with Crippen LogP contribution in [0.3, 0.4) is 0 Å². The van der Waals surface area contributed by atoms with Gasteiger partial charge < -0.3 is 5.32 Å². The van der Waals surface area contributed by atoms with Gasteiger partial charge >= 0.3 is 0 Å². The number of carbonyl (C=O) groups excluding carboxylic acids is 1. The van der Waals surface area contributed by atoms with Crippen molar-refractivity contribution in [3.63, 3.8) is 0 Å². The second-order valence-corrected chi connectivity index (χ2v) is 5.33. The quantitative estimate of drug-likeness (QED) is 0.932. The Morgan fingerprint density at radius 3 is 2.55 bits per heavy atom. The van der Waals surface area contributed by atoms with Crippen LogP contribution in [-0.2, 0) is 7.05 Å². The Labute approximate surface area is 118 Å². The topological polar surface area (TPSA) is 59.8 Å². The van der Waals surface area contributed by atoms with E-state index in [1.807, 2.05) is 12.1 Å². The van der Waals surface area contributed by atoms with Crippen LogP contribution in [0.2, 0.25) is 0 Å². The number of nitrogens with one attached hydrogen (secondary N) is 1. The third-order valence-electron chi connectivity index (χ3n) is 3.83. The Balaban J connectivity index is 1.67. The molecule has 0 bridgehead atoms. The van der Waals surface area contributed by atoms with Gasteiger partial charge in [-0.2, -0.15) is 0 Å². The molecule has 20 heavy (non-hydrogen) atoms. The molecule has 0 radical (unpaired) electrons. The monoisotopic (exact) mass is 270 g/mol. The number of benzene rings is 1. The number of anilines is 1. The van der Waals surface area contributed by atoms with E-state index in [0.717, 1.165) is 5.69 Å². The maximum Gasteiger partial charge on any atom is 0.277 e. The highest BCUT2D eigenvalue weighted by atomic mass is 16.2. The molecule has 1 aromatic carbocycles. The number of hydrogen-bond acceptors (Lipinski definition) is 3. The number of rotatable bonds is 3. The van der Waals surface area contributed by atoms with E-state index in [1.165, 1.54) is 35.9 Å². The number of hydrogen-bond donors (Lipinski definition) is 1. The second-order valence-electron chi connectivity index (χ2n) is 5.33. The first-order valence-electron chi connectivity index (χ1n) is 7.00. The fourth-order valence-corrected chi connectivity index (χ4v) is 2.74. The average molecular weight is 270 g/mol. The van der Waals surface area contributed by atoms with Crippen LogP contribution in [0.5, 0.6) is 0 Å². The van der Waals surface area contributed by atoms with E-state index >= 15 is 0 Å². The van der Waals surface area contributed by atoms with Gasteiger partial charge in [0.1, 0.15) is 0 Å². The van der Waals surface area contributed by atoms with Crippen LogP contribution in [0.1, 0.15) is 47.7 Å².